The molecule has 1 saturated heterocycles. The Morgan fingerprint density at radius 3 is 2.67 bits per heavy atom. The number of nitrogens with zero attached hydrogens (tertiary/aromatic N) is 1. The van der Waals surface area contributed by atoms with E-state index in [-0.39, 0.29) is 0 Å². The van der Waals surface area contributed by atoms with E-state index < -0.39 is 0 Å². The first-order valence-electron chi connectivity index (χ1n) is 4.82. The molecule has 1 aliphatic heterocycles. The zero-order chi connectivity index (χ0) is 9.14. The molecule has 0 radical (unpaired) electrons. The predicted molar refractivity (Wildman–Crippen MR) is 52.8 cm³/mol. The fourth-order valence-corrected chi connectivity index (χ4v) is 2.16. The summed E-state index contributed by atoms with van der Waals surface area (Å²) in [7, 11) is 0. The van der Waals surface area contributed by atoms with Gasteiger partial charge in [0.05, 0.1) is 6.54 Å². The Hall–Kier alpha value is -0.480. The zero-order valence-corrected chi connectivity index (χ0v) is 8.38. The van der Waals surface area contributed by atoms with Crippen molar-refractivity contribution in [3.63, 3.8) is 0 Å². The maximum Gasteiger partial charge on any atom is 0.0601 e. The van der Waals surface area contributed by atoms with Crippen molar-refractivity contribution < 1.29 is 0 Å². The van der Waals surface area contributed by atoms with Gasteiger partial charge in [0.25, 0.3) is 0 Å². The van der Waals surface area contributed by atoms with Crippen LogP contribution in [0.4, 0.5) is 0 Å². The molecule has 3 atom stereocenters. The SMILES string of the molecule is C#CCN1CC(C)CC(C)C1C. The van der Waals surface area contributed by atoms with Crippen LogP contribution in [0, 0.1) is 24.2 Å². The van der Waals surface area contributed by atoms with Gasteiger partial charge in [-0.25, -0.2) is 0 Å². The maximum atomic E-state index is 5.32. The van der Waals surface area contributed by atoms with Gasteiger partial charge in [0, 0.05) is 12.6 Å². The van der Waals surface area contributed by atoms with Crippen LogP contribution in [0.15, 0.2) is 0 Å². The molecule has 3 unspecified atom stereocenters. The van der Waals surface area contributed by atoms with Crippen LogP contribution in [0.3, 0.4) is 0 Å². The quantitative estimate of drug-likeness (QED) is 0.537. The van der Waals surface area contributed by atoms with Gasteiger partial charge in [0.1, 0.15) is 0 Å². The molecule has 0 bridgehead atoms. The second kappa shape index (κ2) is 3.96. The fraction of sp³-hybridized carbons (Fsp3) is 0.818. The average Bonchev–Trinajstić information content (AvgIpc) is 2.00. The Kier molecular flexibility index (Phi) is 3.17. The molecule has 1 rings (SSSR count). The first-order chi connectivity index (χ1) is 5.65. The number of piperidine rings is 1. The summed E-state index contributed by atoms with van der Waals surface area (Å²) in [4.78, 5) is 2.42. The van der Waals surface area contributed by atoms with Gasteiger partial charge >= 0.3 is 0 Å². The molecule has 0 aromatic rings. The average molecular weight is 165 g/mol. The predicted octanol–water partition coefficient (Wildman–Crippen LogP) is 1.99. The molecule has 0 aromatic carbocycles. The maximum absolute atomic E-state index is 5.32. The van der Waals surface area contributed by atoms with E-state index in [9.17, 15) is 0 Å². The second-order valence-electron chi connectivity index (χ2n) is 4.19. The summed E-state index contributed by atoms with van der Waals surface area (Å²) < 4.78 is 0. The Morgan fingerprint density at radius 2 is 2.08 bits per heavy atom. The smallest absolute Gasteiger partial charge is 0.0601 e. The van der Waals surface area contributed by atoms with Crippen molar-refractivity contribution in [1.29, 1.82) is 0 Å². The summed E-state index contributed by atoms with van der Waals surface area (Å²) in [6.07, 6.45) is 6.67. The lowest BCUT2D eigenvalue weighted by atomic mass is 9.86. The number of terminal acetylenes is 1. The lowest BCUT2D eigenvalue weighted by Gasteiger charge is -2.40. The lowest BCUT2D eigenvalue weighted by Crippen LogP contribution is -2.45. The molecular weight excluding hydrogens is 146 g/mol. The number of hydrogen-bond acceptors (Lipinski definition) is 1. The summed E-state index contributed by atoms with van der Waals surface area (Å²) >= 11 is 0. The summed E-state index contributed by atoms with van der Waals surface area (Å²) in [5.41, 5.74) is 0. The van der Waals surface area contributed by atoms with E-state index in [1.807, 2.05) is 0 Å². The minimum absolute atomic E-state index is 0.664. The van der Waals surface area contributed by atoms with Gasteiger partial charge in [0.15, 0.2) is 0 Å². The Bertz CT molecular complexity index is 180. The van der Waals surface area contributed by atoms with Crippen LogP contribution in [0.2, 0.25) is 0 Å². The molecule has 1 aliphatic rings. The molecule has 0 spiro atoms. The summed E-state index contributed by atoms with van der Waals surface area (Å²) in [6.45, 7) is 8.91. The van der Waals surface area contributed by atoms with E-state index in [0.29, 0.717) is 6.04 Å². The normalized spacial score (nSPS) is 37.7. The van der Waals surface area contributed by atoms with E-state index >= 15 is 0 Å². The molecule has 1 heteroatoms. The third-order valence-corrected chi connectivity index (χ3v) is 3.01. The van der Waals surface area contributed by atoms with Crippen molar-refractivity contribution in [3.8, 4) is 12.3 Å². The van der Waals surface area contributed by atoms with Crippen LogP contribution in [-0.2, 0) is 0 Å². The summed E-state index contributed by atoms with van der Waals surface area (Å²) in [5, 5.41) is 0. The highest BCUT2D eigenvalue weighted by atomic mass is 15.2. The highest BCUT2D eigenvalue weighted by Crippen LogP contribution is 2.26. The minimum atomic E-state index is 0.664. The Morgan fingerprint density at radius 1 is 1.42 bits per heavy atom. The third-order valence-electron chi connectivity index (χ3n) is 3.01. The number of hydrogen-bond donors (Lipinski definition) is 0. The van der Waals surface area contributed by atoms with E-state index in [1.54, 1.807) is 0 Å². The van der Waals surface area contributed by atoms with Crippen LogP contribution in [0.1, 0.15) is 27.2 Å². The zero-order valence-electron chi connectivity index (χ0n) is 8.38. The largest absolute Gasteiger partial charge is 0.289 e. The van der Waals surface area contributed by atoms with Gasteiger partial charge < -0.3 is 0 Å². The van der Waals surface area contributed by atoms with Crippen molar-refractivity contribution in [2.45, 2.75) is 33.2 Å². The van der Waals surface area contributed by atoms with Crippen LogP contribution < -0.4 is 0 Å². The van der Waals surface area contributed by atoms with Crippen molar-refractivity contribution in [2.75, 3.05) is 13.1 Å². The highest BCUT2D eigenvalue weighted by Gasteiger charge is 2.27. The molecule has 1 nitrogen and oxygen atoms in total. The first-order valence-corrected chi connectivity index (χ1v) is 4.82. The van der Waals surface area contributed by atoms with Gasteiger partial charge in [-0.05, 0) is 25.2 Å². The summed E-state index contributed by atoms with van der Waals surface area (Å²) in [5.74, 6) is 4.34. The first kappa shape index (κ1) is 9.61. The van der Waals surface area contributed by atoms with Gasteiger partial charge in [-0.1, -0.05) is 19.8 Å². The molecule has 12 heavy (non-hydrogen) atoms. The number of rotatable bonds is 1. The van der Waals surface area contributed by atoms with Gasteiger partial charge in [-0.3, -0.25) is 4.90 Å². The molecule has 0 amide bonds. The van der Waals surface area contributed by atoms with Gasteiger partial charge in [-0.2, -0.15) is 0 Å². The monoisotopic (exact) mass is 165 g/mol. The van der Waals surface area contributed by atoms with E-state index in [4.69, 9.17) is 6.42 Å². The highest BCUT2D eigenvalue weighted by molar-refractivity contribution is 4.93. The topological polar surface area (TPSA) is 3.24 Å². The van der Waals surface area contributed by atoms with Crippen LogP contribution in [-0.4, -0.2) is 24.0 Å². The van der Waals surface area contributed by atoms with Crippen LogP contribution >= 0.6 is 0 Å². The fourth-order valence-electron chi connectivity index (χ4n) is 2.16. The molecule has 68 valence electrons. The molecule has 1 heterocycles. The number of likely N-dealkylation sites (tertiary alicyclic amines) is 1. The summed E-state index contributed by atoms with van der Waals surface area (Å²) in [6, 6.07) is 0.664. The molecule has 0 aromatic heterocycles. The minimum Gasteiger partial charge on any atom is -0.289 e. The van der Waals surface area contributed by atoms with E-state index in [2.05, 4.69) is 31.6 Å². The Balaban J connectivity index is 2.55. The molecule has 1 fully saturated rings. The standard InChI is InChI=1S/C11H19N/c1-5-6-12-8-9(2)7-10(3)11(12)4/h1,9-11H,6-8H2,2-4H3. The van der Waals surface area contributed by atoms with E-state index in [0.717, 1.165) is 18.4 Å². The third kappa shape index (κ3) is 2.01. The lowest BCUT2D eigenvalue weighted by molar-refractivity contribution is 0.0935. The van der Waals surface area contributed by atoms with Crippen molar-refractivity contribution >= 4 is 0 Å². The van der Waals surface area contributed by atoms with Gasteiger partial charge in [0.2, 0.25) is 0 Å². The molecule has 0 N–H and O–H groups in total. The van der Waals surface area contributed by atoms with Crippen molar-refractivity contribution in [1.82, 2.24) is 4.90 Å². The Labute approximate surface area is 76.1 Å². The van der Waals surface area contributed by atoms with E-state index in [1.165, 1.54) is 13.0 Å². The van der Waals surface area contributed by atoms with Gasteiger partial charge in [-0.15, -0.1) is 6.42 Å². The van der Waals surface area contributed by atoms with Crippen LogP contribution in [0.5, 0.6) is 0 Å². The van der Waals surface area contributed by atoms with Crippen molar-refractivity contribution in [3.05, 3.63) is 0 Å². The second-order valence-corrected chi connectivity index (χ2v) is 4.19. The molecule has 0 aliphatic carbocycles. The van der Waals surface area contributed by atoms with Crippen LogP contribution in [0.25, 0.3) is 0 Å². The molecular formula is C11H19N. The van der Waals surface area contributed by atoms with Crippen molar-refractivity contribution in [2.24, 2.45) is 11.8 Å². The molecule has 0 saturated carbocycles.